The summed E-state index contributed by atoms with van der Waals surface area (Å²) in [6.45, 7) is 0.442. The van der Waals surface area contributed by atoms with Crippen molar-refractivity contribution in [3.63, 3.8) is 0 Å². The topological polar surface area (TPSA) is 44.8 Å². The highest BCUT2D eigenvalue weighted by Gasteiger charge is 2.34. The summed E-state index contributed by atoms with van der Waals surface area (Å²) in [5.41, 5.74) is -0.783. The van der Waals surface area contributed by atoms with Crippen molar-refractivity contribution in [3.05, 3.63) is 54.1 Å². The van der Waals surface area contributed by atoms with Crippen molar-refractivity contribution in [3.8, 4) is 5.75 Å². The summed E-state index contributed by atoms with van der Waals surface area (Å²) in [4.78, 5) is 15.1. The number of alkyl halides is 3. The van der Waals surface area contributed by atoms with Crippen molar-refractivity contribution >= 4 is 17.4 Å². The second-order valence-electron chi connectivity index (χ2n) is 6.14. The Bertz CT molecular complexity index is 765. The molecule has 2 aromatic carbocycles. The number of carbonyl (C=O) groups excluding carboxylic acids is 1. The average Bonchev–Trinajstić information content (AvgIpc) is 2.61. The van der Waals surface area contributed by atoms with E-state index >= 15 is 0 Å². The Balaban J connectivity index is 2.01. The SMILES string of the molecule is CN(CCOc1ccccc1)C(=O)Nc1ccc(N(C)C)cc1C(F)(F)F. The molecule has 1 N–H and O–H groups in total. The molecule has 0 saturated heterocycles. The molecule has 0 fully saturated rings. The molecule has 2 aromatic rings. The summed E-state index contributed by atoms with van der Waals surface area (Å²) in [7, 11) is 4.79. The van der Waals surface area contributed by atoms with Crippen LogP contribution in [0.25, 0.3) is 0 Å². The molecule has 0 unspecified atom stereocenters. The third-order valence-corrected chi connectivity index (χ3v) is 3.85. The van der Waals surface area contributed by atoms with E-state index in [0.29, 0.717) is 11.4 Å². The Morgan fingerprint density at radius 1 is 1.07 bits per heavy atom. The van der Waals surface area contributed by atoms with Crippen LogP contribution in [0.5, 0.6) is 5.75 Å². The minimum atomic E-state index is -4.58. The molecular formula is C19H22F3N3O2. The Morgan fingerprint density at radius 3 is 2.33 bits per heavy atom. The molecule has 2 amide bonds. The summed E-state index contributed by atoms with van der Waals surface area (Å²) in [5.74, 6) is 0.657. The van der Waals surface area contributed by atoms with Gasteiger partial charge in [-0.2, -0.15) is 13.2 Å². The lowest BCUT2D eigenvalue weighted by Gasteiger charge is -2.22. The molecule has 0 heterocycles. The first-order valence-electron chi connectivity index (χ1n) is 8.27. The summed E-state index contributed by atoms with van der Waals surface area (Å²) < 4.78 is 45.5. The summed E-state index contributed by atoms with van der Waals surface area (Å²) in [6, 6.07) is 12.2. The molecule has 0 aliphatic carbocycles. The Morgan fingerprint density at radius 2 is 1.74 bits per heavy atom. The number of hydrogen-bond donors (Lipinski definition) is 1. The Labute approximate surface area is 156 Å². The average molecular weight is 381 g/mol. The zero-order chi connectivity index (χ0) is 20.0. The van der Waals surface area contributed by atoms with Gasteiger partial charge in [0.05, 0.1) is 17.8 Å². The predicted octanol–water partition coefficient (Wildman–Crippen LogP) is 4.31. The van der Waals surface area contributed by atoms with E-state index < -0.39 is 17.8 Å². The number of nitrogens with zero attached hydrogens (tertiary/aromatic N) is 2. The molecule has 0 spiro atoms. The molecule has 5 nitrogen and oxygen atoms in total. The monoisotopic (exact) mass is 381 g/mol. The van der Waals surface area contributed by atoms with E-state index in [1.54, 1.807) is 31.1 Å². The molecule has 0 atom stereocenters. The Hall–Kier alpha value is -2.90. The summed E-state index contributed by atoms with van der Waals surface area (Å²) in [5, 5.41) is 2.32. The van der Waals surface area contributed by atoms with Crippen LogP contribution < -0.4 is 15.0 Å². The van der Waals surface area contributed by atoms with Crippen LogP contribution in [0.2, 0.25) is 0 Å². The molecule has 0 saturated carbocycles. The number of para-hydroxylation sites is 1. The number of rotatable bonds is 6. The zero-order valence-corrected chi connectivity index (χ0v) is 15.4. The molecule has 146 valence electrons. The van der Waals surface area contributed by atoms with Crippen molar-refractivity contribution in [1.29, 1.82) is 0 Å². The smallest absolute Gasteiger partial charge is 0.418 e. The maximum Gasteiger partial charge on any atom is 0.418 e. The summed E-state index contributed by atoms with van der Waals surface area (Å²) in [6.07, 6.45) is -4.58. The molecule has 0 aliphatic heterocycles. The highest BCUT2D eigenvalue weighted by atomic mass is 19.4. The van der Waals surface area contributed by atoms with Gasteiger partial charge in [-0.15, -0.1) is 0 Å². The number of carbonyl (C=O) groups is 1. The molecule has 8 heteroatoms. The van der Waals surface area contributed by atoms with Crippen LogP contribution in [0.3, 0.4) is 0 Å². The van der Waals surface area contributed by atoms with Crippen LogP contribution in [0.15, 0.2) is 48.5 Å². The van der Waals surface area contributed by atoms with Crippen molar-refractivity contribution in [1.82, 2.24) is 4.90 Å². The number of hydrogen-bond acceptors (Lipinski definition) is 3. The van der Waals surface area contributed by atoms with Crippen molar-refractivity contribution in [2.45, 2.75) is 6.18 Å². The first-order chi connectivity index (χ1) is 12.7. The molecule has 2 rings (SSSR count). The molecule has 0 radical (unpaired) electrons. The lowest BCUT2D eigenvalue weighted by molar-refractivity contribution is -0.136. The summed E-state index contributed by atoms with van der Waals surface area (Å²) >= 11 is 0. The van der Waals surface area contributed by atoms with Gasteiger partial charge in [-0.3, -0.25) is 0 Å². The third kappa shape index (κ3) is 5.80. The molecule has 0 aliphatic rings. The maximum atomic E-state index is 13.3. The fraction of sp³-hybridized carbons (Fsp3) is 0.316. The van der Waals surface area contributed by atoms with Gasteiger partial charge < -0.3 is 19.9 Å². The van der Waals surface area contributed by atoms with Crippen LogP contribution in [0.4, 0.5) is 29.3 Å². The third-order valence-electron chi connectivity index (χ3n) is 3.85. The van der Waals surface area contributed by atoms with E-state index in [-0.39, 0.29) is 18.8 Å². The maximum absolute atomic E-state index is 13.3. The van der Waals surface area contributed by atoms with Gasteiger partial charge in [0.15, 0.2) is 0 Å². The van der Waals surface area contributed by atoms with Crippen LogP contribution in [0.1, 0.15) is 5.56 Å². The highest BCUT2D eigenvalue weighted by Crippen LogP contribution is 2.37. The van der Waals surface area contributed by atoms with Crippen molar-refractivity contribution in [2.24, 2.45) is 0 Å². The fourth-order valence-electron chi connectivity index (χ4n) is 2.28. The van der Waals surface area contributed by atoms with Gasteiger partial charge >= 0.3 is 12.2 Å². The van der Waals surface area contributed by atoms with Crippen molar-refractivity contribution in [2.75, 3.05) is 44.5 Å². The number of ether oxygens (including phenoxy) is 1. The van der Waals surface area contributed by atoms with Gasteiger partial charge in [0.1, 0.15) is 12.4 Å². The van der Waals surface area contributed by atoms with Gasteiger partial charge in [0.25, 0.3) is 0 Å². The lowest BCUT2D eigenvalue weighted by Crippen LogP contribution is -2.35. The predicted molar refractivity (Wildman–Crippen MR) is 99.4 cm³/mol. The molecular weight excluding hydrogens is 359 g/mol. The second-order valence-corrected chi connectivity index (χ2v) is 6.14. The highest BCUT2D eigenvalue weighted by molar-refractivity contribution is 5.90. The number of amides is 2. The minimum Gasteiger partial charge on any atom is -0.492 e. The van der Waals surface area contributed by atoms with Crippen LogP contribution in [0, 0.1) is 0 Å². The van der Waals surface area contributed by atoms with E-state index in [0.717, 1.165) is 6.07 Å². The minimum absolute atomic E-state index is 0.220. The number of benzene rings is 2. The van der Waals surface area contributed by atoms with Crippen LogP contribution >= 0.6 is 0 Å². The lowest BCUT2D eigenvalue weighted by atomic mass is 10.1. The second kappa shape index (κ2) is 8.66. The molecule has 27 heavy (non-hydrogen) atoms. The zero-order valence-electron chi connectivity index (χ0n) is 15.4. The number of anilines is 2. The van der Waals surface area contributed by atoms with Crippen molar-refractivity contribution < 1.29 is 22.7 Å². The molecule has 0 bridgehead atoms. The standard InChI is InChI=1S/C19H22F3N3O2/c1-24(2)14-9-10-17(16(13-14)19(20,21)22)23-18(26)25(3)11-12-27-15-7-5-4-6-8-15/h4-10,13H,11-12H2,1-3H3,(H,23,26). The largest absolute Gasteiger partial charge is 0.492 e. The van der Waals surface area contributed by atoms with E-state index in [1.807, 2.05) is 18.2 Å². The van der Waals surface area contributed by atoms with Crippen LogP contribution in [-0.2, 0) is 6.18 Å². The van der Waals surface area contributed by atoms with E-state index in [9.17, 15) is 18.0 Å². The fourth-order valence-corrected chi connectivity index (χ4v) is 2.28. The first-order valence-corrected chi connectivity index (χ1v) is 8.27. The number of nitrogens with one attached hydrogen (secondary N) is 1. The van der Waals surface area contributed by atoms with E-state index in [4.69, 9.17) is 4.74 Å². The number of likely N-dealkylation sites (N-methyl/N-ethyl adjacent to an activating group) is 1. The number of halogens is 3. The number of urea groups is 1. The first kappa shape index (κ1) is 20.4. The molecule has 0 aromatic heterocycles. The normalized spacial score (nSPS) is 11.0. The van der Waals surface area contributed by atoms with Gasteiger partial charge in [-0.25, -0.2) is 4.79 Å². The van der Waals surface area contributed by atoms with Gasteiger partial charge in [0.2, 0.25) is 0 Å². The van der Waals surface area contributed by atoms with E-state index in [2.05, 4.69) is 5.32 Å². The van der Waals surface area contributed by atoms with E-state index in [1.165, 1.54) is 24.1 Å². The van der Waals surface area contributed by atoms with Gasteiger partial charge in [0, 0.05) is 26.8 Å². The Kier molecular flexibility index (Phi) is 6.55. The van der Waals surface area contributed by atoms with Gasteiger partial charge in [-0.05, 0) is 30.3 Å². The van der Waals surface area contributed by atoms with Crippen LogP contribution in [-0.4, -0.2) is 45.2 Å². The quantitative estimate of drug-likeness (QED) is 0.811. The van der Waals surface area contributed by atoms with Gasteiger partial charge in [-0.1, -0.05) is 18.2 Å².